The SMILES string of the molecule is COc1cc(C[C@H](N)C(=O)O)ccc1OCCN1CCCC1. The van der Waals surface area contributed by atoms with E-state index in [1.165, 1.54) is 12.8 Å². The number of nitrogens with two attached hydrogens (primary N) is 1. The van der Waals surface area contributed by atoms with Crippen LogP contribution in [0.3, 0.4) is 0 Å². The monoisotopic (exact) mass is 308 g/mol. The summed E-state index contributed by atoms with van der Waals surface area (Å²) in [6.07, 6.45) is 2.80. The van der Waals surface area contributed by atoms with Crippen LogP contribution < -0.4 is 15.2 Å². The van der Waals surface area contributed by atoms with Crippen molar-refractivity contribution in [1.29, 1.82) is 0 Å². The van der Waals surface area contributed by atoms with E-state index >= 15 is 0 Å². The highest BCUT2D eigenvalue weighted by Gasteiger charge is 2.15. The topological polar surface area (TPSA) is 85.0 Å². The van der Waals surface area contributed by atoms with Crippen LogP contribution in [0.4, 0.5) is 0 Å². The molecule has 1 aromatic carbocycles. The first-order chi connectivity index (χ1) is 10.6. The zero-order valence-corrected chi connectivity index (χ0v) is 13.0. The van der Waals surface area contributed by atoms with Crippen molar-refractivity contribution in [1.82, 2.24) is 4.90 Å². The fourth-order valence-corrected chi connectivity index (χ4v) is 2.59. The van der Waals surface area contributed by atoms with Crippen LogP contribution in [0, 0.1) is 0 Å². The number of methoxy groups -OCH3 is 1. The van der Waals surface area contributed by atoms with Gasteiger partial charge >= 0.3 is 5.97 Å². The fraction of sp³-hybridized carbons (Fsp3) is 0.562. The molecule has 1 saturated heterocycles. The predicted octanol–water partition coefficient (Wildman–Crippen LogP) is 1.12. The van der Waals surface area contributed by atoms with Crippen molar-refractivity contribution >= 4 is 5.97 Å². The normalized spacial score (nSPS) is 16.5. The number of likely N-dealkylation sites (tertiary alicyclic amines) is 1. The van der Waals surface area contributed by atoms with Gasteiger partial charge in [0.1, 0.15) is 12.6 Å². The van der Waals surface area contributed by atoms with Gasteiger partial charge in [-0.3, -0.25) is 9.69 Å². The number of aliphatic carboxylic acids is 1. The van der Waals surface area contributed by atoms with Gasteiger partial charge < -0.3 is 20.3 Å². The maximum Gasteiger partial charge on any atom is 0.320 e. The molecule has 0 spiro atoms. The lowest BCUT2D eigenvalue weighted by molar-refractivity contribution is -0.138. The number of carboxylic acid groups (broad SMARTS) is 1. The average Bonchev–Trinajstić information content (AvgIpc) is 3.01. The molecule has 0 amide bonds. The first kappa shape index (κ1) is 16.6. The van der Waals surface area contributed by atoms with E-state index in [1.54, 1.807) is 13.2 Å². The summed E-state index contributed by atoms with van der Waals surface area (Å²) in [4.78, 5) is 13.2. The molecule has 6 heteroatoms. The van der Waals surface area contributed by atoms with Crippen molar-refractivity contribution in [2.75, 3.05) is 33.4 Å². The van der Waals surface area contributed by atoms with Crippen molar-refractivity contribution in [3.05, 3.63) is 23.8 Å². The smallest absolute Gasteiger partial charge is 0.320 e. The molecule has 1 heterocycles. The third-order valence-corrected chi connectivity index (χ3v) is 3.86. The summed E-state index contributed by atoms with van der Waals surface area (Å²) in [6, 6.07) is 4.52. The second-order valence-electron chi connectivity index (χ2n) is 5.53. The Balaban J connectivity index is 1.91. The number of benzene rings is 1. The number of hydrogen-bond donors (Lipinski definition) is 2. The number of carbonyl (C=O) groups is 1. The molecule has 122 valence electrons. The van der Waals surface area contributed by atoms with E-state index in [0.717, 1.165) is 25.2 Å². The van der Waals surface area contributed by atoms with E-state index in [2.05, 4.69) is 4.90 Å². The molecule has 0 saturated carbocycles. The maximum atomic E-state index is 10.8. The van der Waals surface area contributed by atoms with Crippen LogP contribution in [0.1, 0.15) is 18.4 Å². The zero-order valence-electron chi connectivity index (χ0n) is 13.0. The van der Waals surface area contributed by atoms with Crippen LogP contribution in [0.5, 0.6) is 11.5 Å². The Bertz CT molecular complexity index is 501. The molecule has 3 N–H and O–H groups in total. The molecule has 0 radical (unpaired) electrons. The largest absolute Gasteiger partial charge is 0.493 e. The Kier molecular flexibility index (Phi) is 6.03. The summed E-state index contributed by atoms with van der Waals surface area (Å²) in [5.74, 6) is 0.274. The van der Waals surface area contributed by atoms with Crippen molar-refractivity contribution < 1.29 is 19.4 Å². The first-order valence-corrected chi connectivity index (χ1v) is 7.60. The zero-order chi connectivity index (χ0) is 15.9. The molecule has 1 fully saturated rings. The van der Waals surface area contributed by atoms with Gasteiger partial charge in [-0.25, -0.2) is 0 Å². The quantitative estimate of drug-likeness (QED) is 0.749. The number of rotatable bonds is 8. The average molecular weight is 308 g/mol. The van der Waals surface area contributed by atoms with Crippen LogP contribution in [0.25, 0.3) is 0 Å². The Morgan fingerprint density at radius 1 is 1.36 bits per heavy atom. The molecule has 1 atom stereocenters. The van der Waals surface area contributed by atoms with E-state index in [9.17, 15) is 4.79 Å². The van der Waals surface area contributed by atoms with Gasteiger partial charge in [0, 0.05) is 6.54 Å². The molecular formula is C16H24N2O4. The Hall–Kier alpha value is -1.79. The summed E-state index contributed by atoms with van der Waals surface area (Å²) >= 11 is 0. The van der Waals surface area contributed by atoms with Gasteiger partial charge in [0.15, 0.2) is 11.5 Å². The minimum atomic E-state index is -1.01. The van der Waals surface area contributed by atoms with Crippen molar-refractivity contribution in [2.45, 2.75) is 25.3 Å². The highest BCUT2D eigenvalue weighted by atomic mass is 16.5. The summed E-state index contributed by atoms with van der Waals surface area (Å²) in [7, 11) is 1.57. The lowest BCUT2D eigenvalue weighted by atomic mass is 10.1. The highest BCUT2D eigenvalue weighted by Crippen LogP contribution is 2.28. The van der Waals surface area contributed by atoms with Crippen molar-refractivity contribution in [3.63, 3.8) is 0 Å². The molecule has 2 rings (SSSR count). The molecule has 0 bridgehead atoms. The Labute approximate surface area is 130 Å². The third-order valence-electron chi connectivity index (χ3n) is 3.86. The summed E-state index contributed by atoms with van der Waals surface area (Å²) in [5.41, 5.74) is 6.37. The first-order valence-electron chi connectivity index (χ1n) is 7.60. The highest BCUT2D eigenvalue weighted by molar-refractivity contribution is 5.73. The van der Waals surface area contributed by atoms with E-state index in [4.69, 9.17) is 20.3 Å². The van der Waals surface area contributed by atoms with Crippen LogP contribution in [0.15, 0.2) is 18.2 Å². The number of ether oxygens (including phenoxy) is 2. The minimum absolute atomic E-state index is 0.264. The molecule has 0 aliphatic carbocycles. The fourth-order valence-electron chi connectivity index (χ4n) is 2.59. The minimum Gasteiger partial charge on any atom is -0.493 e. The number of hydrogen-bond acceptors (Lipinski definition) is 5. The van der Waals surface area contributed by atoms with Crippen LogP contribution in [-0.2, 0) is 11.2 Å². The van der Waals surface area contributed by atoms with Gasteiger partial charge in [-0.05, 0) is 50.0 Å². The summed E-state index contributed by atoms with van der Waals surface area (Å²) in [5, 5.41) is 8.86. The maximum absolute atomic E-state index is 10.8. The lowest BCUT2D eigenvalue weighted by Crippen LogP contribution is -2.32. The van der Waals surface area contributed by atoms with Crippen molar-refractivity contribution in [3.8, 4) is 11.5 Å². The molecule has 1 aliphatic heterocycles. The Morgan fingerprint density at radius 2 is 2.09 bits per heavy atom. The van der Waals surface area contributed by atoms with Crippen molar-refractivity contribution in [2.24, 2.45) is 5.73 Å². The lowest BCUT2D eigenvalue weighted by Gasteiger charge is -2.17. The molecule has 0 aromatic heterocycles. The van der Waals surface area contributed by atoms with Gasteiger partial charge in [-0.2, -0.15) is 0 Å². The second-order valence-corrected chi connectivity index (χ2v) is 5.53. The van der Waals surface area contributed by atoms with Gasteiger partial charge in [0.05, 0.1) is 7.11 Å². The van der Waals surface area contributed by atoms with Gasteiger partial charge in [-0.15, -0.1) is 0 Å². The van der Waals surface area contributed by atoms with Gasteiger partial charge in [-0.1, -0.05) is 6.07 Å². The predicted molar refractivity (Wildman–Crippen MR) is 83.5 cm³/mol. The molecule has 22 heavy (non-hydrogen) atoms. The van der Waals surface area contributed by atoms with E-state index in [1.807, 2.05) is 12.1 Å². The van der Waals surface area contributed by atoms with Gasteiger partial charge in [0.25, 0.3) is 0 Å². The van der Waals surface area contributed by atoms with Crippen LogP contribution in [0.2, 0.25) is 0 Å². The van der Waals surface area contributed by atoms with E-state index in [0.29, 0.717) is 18.1 Å². The second kappa shape index (κ2) is 8.00. The summed E-state index contributed by atoms with van der Waals surface area (Å²) < 4.78 is 11.1. The van der Waals surface area contributed by atoms with Crippen LogP contribution in [-0.4, -0.2) is 55.4 Å². The number of nitrogens with zero attached hydrogens (tertiary/aromatic N) is 1. The third kappa shape index (κ3) is 4.61. The molecular weight excluding hydrogens is 284 g/mol. The number of carboxylic acids is 1. The molecule has 0 unspecified atom stereocenters. The standard InChI is InChI=1S/C16H24N2O4/c1-21-15-11-12(10-13(17)16(19)20)4-5-14(15)22-9-8-18-6-2-3-7-18/h4-5,11,13H,2-3,6-10,17H2,1H3,(H,19,20)/t13-/m0/s1. The van der Waals surface area contributed by atoms with E-state index in [-0.39, 0.29) is 6.42 Å². The summed E-state index contributed by atoms with van der Waals surface area (Å²) in [6.45, 7) is 3.82. The molecule has 1 aromatic rings. The Morgan fingerprint density at radius 3 is 2.73 bits per heavy atom. The van der Waals surface area contributed by atoms with Gasteiger partial charge in [0.2, 0.25) is 0 Å². The van der Waals surface area contributed by atoms with E-state index < -0.39 is 12.0 Å². The molecule has 6 nitrogen and oxygen atoms in total. The van der Waals surface area contributed by atoms with Crippen LogP contribution >= 0.6 is 0 Å². The molecule has 1 aliphatic rings.